The molecule has 2 bridgehead atoms. The first-order valence-corrected chi connectivity index (χ1v) is 8.62. The van der Waals surface area contributed by atoms with Gasteiger partial charge < -0.3 is 4.90 Å². The van der Waals surface area contributed by atoms with Crippen molar-refractivity contribution in [3.8, 4) is 0 Å². The van der Waals surface area contributed by atoms with Gasteiger partial charge in [0, 0.05) is 11.5 Å². The molecule has 5 rings (SSSR count). The lowest BCUT2D eigenvalue weighted by Gasteiger charge is -2.44. The Hall–Kier alpha value is -2.16. The molecule has 0 spiro atoms. The van der Waals surface area contributed by atoms with Crippen molar-refractivity contribution < 1.29 is 27.6 Å². The highest BCUT2D eigenvalue weighted by molar-refractivity contribution is 9.10. The maximum Gasteiger partial charge on any atom is 0.417 e. The van der Waals surface area contributed by atoms with Gasteiger partial charge in [0.05, 0.1) is 35.0 Å². The highest BCUT2D eigenvalue weighted by Gasteiger charge is 2.61. The van der Waals surface area contributed by atoms with Gasteiger partial charge in [-0.25, -0.2) is 4.90 Å². The second-order valence-electron chi connectivity index (χ2n) is 6.58. The van der Waals surface area contributed by atoms with Gasteiger partial charge >= 0.3 is 6.18 Å². The van der Waals surface area contributed by atoms with Crippen molar-refractivity contribution in [2.24, 2.45) is 17.8 Å². The topological polar surface area (TPSA) is 57.7 Å². The average Bonchev–Trinajstić information content (AvgIpc) is 2.84. The molecule has 136 valence electrons. The number of nitrogens with zero attached hydrogens (tertiary/aromatic N) is 2. The van der Waals surface area contributed by atoms with E-state index in [0.717, 1.165) is 17.0 Å². The first-order valence-electron chi connectivity index (χ1n) is 7.82. The van der Waals surface area contributed by atoms with Gasteiger partial charge in [0.15, 0.2) is 0 Å². The fourth-order valence-electron chi connectivity index (χ4n) is 4.03. The maximum absolute atomic E-state index is 13.2. The molecule has 0 radical (unpaired) electrons. The molecule has 0 N–H and O–H groups in total. The Balaban J connectivity index is 1.78. The van der Waals surface area contributed by atoms with Crippen LogP contribution >= 0.6 is 15.9 Å². The van der Waals surface area contributed by atoms with Gasteiger partial charge in [-0.2, -0.15) is 13.2 Å². The van der Waals surface area contributed by atoms with E-state index in [1.165, 1.54) is 11.0 Å². The summed E-state index contributed by atoms with van der Waals surface area (Å²) in [7, 11) is 1.56. The van der Waals surface area contributed by atoms with Crippen molar-refractivity contribution in [2.45, 2.75) is 12.2 Å². The van der Waals surface area contributed by atoms with Crippen LogP contribution in [0, 0.1) is 17.8 Å². The number of carbonyl (C=O) groups excluding carboxylic acids is 3. The predicted molar refractivity (Wildman–Crippen MR) is 87.8 cm³/mol. The number of halogens is 4. The maximum atomic E-state index is 13.2. The molecule has 9 heteroatoms. The summed E-state index contributed by atoms with van der Waals surface area (Å²) >= 11 is 2.84. The Bertz CT molecular complexity index is 882. The summed E-state index contributed by atoms with van der Waals surface area (Å²) in [5.74, 6) is -3.84. The fourth-order valence-corrected chi connectivity index (χ4v) is 4.51. The largest absolute Gasteiger partial charge is 0.417 e. The molecule has 4 atom stereocenters. The van der Waals surface area contributed by atoms with Gasteiger partial charge in [0.25, 0.3) is 0 Å². The summed E-state index contributed by atoms with van der Waals surface area (Å²) in [6, 6.07) is 2.66. The Morgan fingerprint density at radius 2 is 1.65 bits per heavy atom. The van der Waals surface area contributed by atoms with Crippen molar-refractivity contribution in [1.82, 2.24) is 4.90 Å². The number of rotatable bonds is 1. The minimum Gasteiger partial charge on any atom is -0.338 e. The number of hydrogen-bond donors (Lipinski definition) is 0. The molecule has 1 aromatic carbocycles. The smallest absolute Gasteiger partial charge is 0.338 e. The van der Waals surface area contributed by atoms with Gasteiger partial charge in [-0.3, -0.25) is 14.4 Å². The summed E-state index contributed by atoms with van der Waals surface area (Å²) < 4.78 is 39.3. The van der Waals surface area contributed by atoms with Gasteiger partial charge in [0.2, 0.25) is 17.7 Å². The quantitative estimate of drug-likeness (QED) is 0.510. The third-order valence-corrected chi connectivity index (χ3v) is 5.95. The van der Waals surface area contributed by atoms with Crippen LogP contribution in [-0.4, -0.2) is 35.7 Å². The van der Waals surface area contributed by atoms with Gasteiger partial charge in [0.1, 0.15) is 0 Å². The first-order chi connectivity index (χ1) is 12.1. The molecular formula is C17H12BrF3N2O3. The van der Waals surface area contributed by atoms with E-state index in [-0.39, 0.29) is 16.1 Å². The first kappa shape index (κ1) is 17.3. The van der Waals surface area contributed by atoms with Gasteiger partial charge in [-0.15, -0.1) is 0 Å². The van der Waals surface area contributed by atoms with E-state index in [2.05, 4.69) is 15.9 Å². The van der Waals surface area contributed by atoms with Gasteiger partial charge in [-0.1, -0.05) is 28.1 Å². The SMILES string of the molecule is CN1C(=O)[C@@H]2C=C[C@H]1[C@H]1C(=O)N(c3ccc(Br)c(C(F)(F)F)c3)C(=O)[C@H]12. The van der Waals surface area contributed by atoms with Crippen molar-refractivity contribution in [2.75, 3.05) is 11.9 Å². The van der Waals surface area contributed by atoms with E-state index < -0.39 is 47.3 Å². The highest BCUT2D eigenvalue weighted by Crippen LogP contribution is 2.47. The van der Waals surface area contributed by atoms with Gasteiger partial charge in [-0.05, 0) is 18.2 Å². The van der Waals surface area contributed by atoms with Crippen LogP contribution in [0.2, 0.25) is 0 Å². The van der Waals surface area contributed by atoms with E-state index in [1.807, 2.05) is 0 Å². The summed E-state index contributed by atoms with van der Waals surface area (Å²) in [6.07, 6.45) is -1.31. The van der Waals surface area contributed by atoms with Crippen LogP contribution in [0.15, 0.2) is 34.8 Å². The lowest BCUT2D eigenvalue weighted by Crippen LogP contribution is -2.57. The normalized spacial score (nSPS) is 30.4. The lowest BCUT2D eigenvalue weighted by atomic mass is 9.70. The van der Waals surface area contributed by atoms with E-state index >= 15 is 0 Å². The Labute approximate surface area is 154 Å². The molecule has 26 heavy (non-hydrogen) atoms. The molecule has 1 aromatic rings. The minimum absolute atomic E-state index is 0.139. The molecule has 0 saturated carbocycles. The second-order valence-corrected chi connectivity index (χ2v) is 7.43. The number of anilines is 1. The third kappa shape index (κ3) is 2.19. The standard InChI is InChI=1S/C17H12BrF3N2O3/c1-22-11-5-3-8(14(22)24)12-13(11)16(26)23(15(12)25)7-2-4-10(18)9(6-7)17(19,20)21/h2-6,8,11-13H,1H3/t8-,11+,12+,13-/m1/s1. The highest BCUT2D eigenvalue weighted by atomic mass is 79.9. The summed E-state index contributed by atoms with van der Waals surface area (Å²) in [5.41, 5.74) is -1.11. The van der Waals surface area contributed by atoms with E-state index in [0.29, 0.717) is 0 Å². The zero-order chi connectivity index (χ0) is 19.0. The lowest BCUT2D eigenvalue weighted by molar-refractivity contribution is -0.148. The molecule has 4 aliphatic rings. The average molecular weight is 429 g/mol. The number of likely N-dealkylation sites (N-methyl/N-ethyl adjacent to an activating group) is 1. The zero-order valence-corrected chi connectivity index (χ0v) is 14.9. The molecule has 3 heterocycles. The molecule has 2 fully saturated rings. The third-order valence-electron chi connectivity index (χ3n) is 5.26. The van der Waals surface area contributed by atoms with Crippen LogP contribution < -0.4 is 4.90 Å². The minimum atomic E-state index is -4.63. The number of alkyl halides is 3. The Morgan fingerprint density at radius 1 is 1.00 bits per heavy atom. The number of benzene rings is 1. The van der Waals surface area contributed by atoms with Crippen molar-refractivity contribution in [1.29, 1.82) is 0 Å². The molecule has 2 saturated heterocycles. The Morgan fingerprint density at radius 3 is 2.31 bits per heavy atom. The van der Waals surface area contributed by atoms with E-state index in [1.54, 1.807) is 19.2 Å². The van der Waals surface area contributed by atoms with Crippen molar-refractivity contribution in [3.63, 3.8) is 0 Å². The fraction of sp³-hybridized carbons (Fsp3) is 0.353. The number of fused-ring (bicyclic) bond motifs is 1. The summed E-state index contributed by atoms with van der Waals surface area (Å²) in [5, 5.41) is 0. The van der Waals surface area contributed by atoms with E-state index in [4.69, 9.17) is 0 Å². The van der Waals surface area contributed by atoms with Crippen LogP contribution in [-0.2, 0) is 20.6 Å². The van der Waals surface area contributed by atoms with Crippen LogP contribution in [0.1, 0.15) is 5.56 Å². The second kappa shape index (κ2) is 5.42. The molecule has 3 amide bonds. The predicted octanol–water partition coefficient (Wildman–Crippen LogP) is 2.60. The zero-order valence-electron chi connectivity index (χ0n) is 13.3. The molecular weight excluding hydrogens is 417 g/mol. The summed E-state index contributed by atoms with van der Waals surface area (Å²) in [4.78, 5) is 40.2. The van der Waals surface area contributed by atoms with Crippen LogP contribution in [0.25, 0.3) is 0 Å². The number of imide groups is 1. The molecule has 0 unspecified atom stereocenters. The molecule has 1 aliphatic carbocycles. The number of carbonyl (C=O) groups is 3. The van der Waals surface area contributed by atoms with Crippen molar-refractivity contribution in [3.05, 3.63) is 40.4 Å². The van der Waals surface area contributed by atoms with Crippen LogP contribution in [0.5, 0.6) is 0 Å². The monoisotopic (exact) mass is 428 g/mol. The molecule has 3 aliphatic heterocycles. The molecule has 5 nitrogen and oxygen atoms in total. The van der Waals surface area contributed by atoms with Crippen molar-refractivity contribution >= 4 is 39.3 Å². The Kier molecular flexibility index (Phi) is 3.60. The van der Waals surface area contributed by atoms with Crippen LogP contribution in [0.3, 0.4) is 0 Å². The number of hydrogen-bond acceptors (Lipinski definition) is 3. The van der Waals surface area contributed by atoms with E-state index in [9.17, 15) is 27.6 Å². The number of amides is 3. The van der Waals surface area contributed by atoms with Crippen LogP contribution in [0.4, 0.5) is 18.9 Å². The molecule has 0 aromatic heterocycles. The summed E-state index contributed by atoms with van der Waals surface area (Å²) in [6.45, 7) is 0. The number of piperidine rings is 1.